The Morgan fingerprint density at radius 2 is 1.79 bits per heavy atom. The molecule has 3 aliphatic rings. The minimum absolute atomic E-state index is 0.0989. The van der Waals surface area contributed by atoms with E-state index in [9.17, 15) is 4.39 Å². The third-order valence-electron chi connectivity index (χ3n) is 8.83. The van der Waals surface area contributed by atoms with Crippen molar-refractivity contribution >= 4 is 39.2 Å². The van der Waals surface area contributed by atoms with Gasteiger partial charge < -0.3 is 9.64 Å². The summed E-state index contributed by atoms with van der Waals surface area (Å²) in [5.41, 5.74) is 3.43. The molecule has 0 atom stereocenters. The van der Waals surface area contributed by atoms with Gasteiger partial charge in [-0.2, -0.15) is 15.1 Å². The molecule has 2 saturated heterocycles. The fraction of sp³-hybridized carbons (Fsp3) is 0.433. The number of rotatable bonds is 5. The van der Waals surface area contributed by atoms with Gasteiger partial charge in [-0.05, 0) is 82.3 Å². The number of nitrogens with zero attached hydrogens (tertiary/aromatic N) is 5. The number of aromatic nitrogens is 4. The van der Waals surface area contributed by atoms with Crippen LogP contribution in [0.5, 0.6) is 6.01 Å². The normalized spacial score (nSPS) is 19.2. The quantitative estimate of drug-likeness (QED) is 0.291. The molecule has 9 heteroatoms. The van der Waals surface area contributed by atoms with E-state index in [4.69, 9.17) is 26.3 Å². The summed E-state index contributed by atoms with van der Waals surface area (Å²) in [6.07, 6.45) is 12.8. The molecule has 7 nitrogen and oxygen atoms in total. The average Bonchev–Trinajstić information content (AvgIpc) is 3.59. The molecule has 3 aliphatic heterocycles. The predicted molar refractivity (Wildman–Crippen MR) is 153 cm³/mol. The lowest BCUT2D eigenvalue weighted by molar-refractivity contribution is 0.108. The van der Waals surface area contributed by atoms with Crippen molar-refractivity contribution in [2.75, 3.05) is 37.7 Å². The zero-order valence-corrected chi connectivity index (χ0v) is 22.9. The molecule has 2 aromatic heterocycles. The molecule has 1 N–H and O–H groups in total. The SMILES string of the molecule is Cc1c(F)cc2[nH]ncc2c1-c1cc2nc(OCC34CCCN3CCC4)nc(N3CCC=CCC3)c2cc1Cl. The highest BCUT2D eigenvalue weighted by molar-refractivity contribution is 6.35. The molecule has 202 valence electrons. The molecule has 0 aliphatic carbocycles. The average molecular weight is 547 g/mol. The molecule has 2 aromatic carbocycles. The molecule has 0 amide bonds. The fourth-order valence-corrected chi connectivity index (χ4v) is 7.06. The van der Waals surface area contributed by atoms with Crippen LogP contribution >= 0.6 is 11.6 Å². The number of halogens is 2. The first-order valence-electron chi connectivity index (χ1n) is 13.9. The van der Waals surface area contributed by atoms with Gasteiger partial charge in [-0.25, -0.2) is 4.39 Å². The van der Waals surface area contributed by atoms with Gasteiger partial charge in [0.15, 0.2) is 0 Å². The minimum Gasteiger partial charge on any atom is -0.461 e. The number of benzene rings is 2. The van der Waals surface area contributed by atoms with Gasteiger partial charge in [0.25, 0.3) is 0 Å². The van der Waals surface area contributed by atoms with Crippen molar-refractivity contribution in [3.8, 4) is 17.1 Å². The highest BCUT2D eigenvalue weighted by atomic mass is 35.5. The molecule has 0 saturated carbocycles. The second-order valence-corrected chi connectivity index (χ2v) is 11.5. The van der Waals surface area contributed by atoms with E-state index < -0.39 is 0 Å². The minimum atomic E-state index is -0.306. The van der Waals surface area contributed by atoms with E-state index in [0.29, 0.717) is 28.7 Å². The maximum Gasteiger partial charge on any atom is 0.319 e. The number of anilines is 1. The predicted octanol–water partition coefficient (Wildman–Crippen LogP) is 6.44. The number of fused-ring (bicyclic) bond motifs is 3. The Bertz CT molecular complexity index is 1580. The Morgan fingerprint density at radius 1 is 1.03 bits per heavy atom. The van der Waals surface area contributed by atoms with Gasteiger partial charge in [-0.15, -0.1) is 0 Å². The monoisotopic (exact) mass is 546 g/mol. The van der Waals surface area contributed by atoms with Gasteiger partial charge in [-0.1, -0.05) is 23.8 Å². The molecule has 4 aromatic rings. The van der Waals surface area contributed by atoms with Gasteiger partial charge in [0.1, 0.15) is 18.2 Å². The van der Waals surface area contributed by atoms with E-state index in [0.717, 1.165) is 85.1 Å². The summed E-state index contributed by atoms with van der Waals surface area (Å²) in [4.78, 5) is 14.7. The molecule has 2 fully saturated rings. The number of ether oxygens (including phenoxy) is 1. The van der Waals surface area contributed by atoms with Crippen LogP contribution in [0.1, 0.15) is 44.1 Å². The Morgan fingerprint density at radius 3 is 2.56 bits per heavy atom. The van der Waals surface area contributed by atoms with Gasteiger partial charge >= 0.3 is 6.01 Å². The van der Waals surface area contributed by atoms with Gasteiger partial charge in [0.2, 0.25) is 0 Å². The van der Waals surface area contributed by atoms with Crippen LogP contribution in [-0.4, -0.2) is 63.4 Å². The van der Waals surface area contributed by atoms with Crippen molar-refractivity contribution in [1.82, 2.24) is 25.1 Å². The van der Waals surface area contributed by atoms with E-state index in [2.05, 4.69) is 32.1 Å². The molecule has 0 unspecified atom stereocenters. The number of hydrogen-bond donors (Lipinski definition) is 1. The molecule has 0 spiro atoms. The Balaban J connectivity index is 1.36. The van der Waals surface area contributed by atoms with Crippen molar-refractivity contribution < 1.29 is 9.13 Å². The topological polar surface area (TPSA) is 70.2 Å². The lowest BCUT2D eigenvalue weighted by atomic mass is 9.95. The van der Waals surface area contributed by atoms with Crippen LogP contribution in [0, 0.1) is 12.7 Å². The summed E-state index contributed by atoms with van der Waals surface area (Å²) in [6.45, 7) is 6.38. The molecule has 7 rings (SSSR count). The van der Waals surface area contributed by atoms with Crippen LogP contribution in [0.2, 0.25) is 5.02 Å². The molecular weight excluding hydrogens is 515 g/mol. The van der Waals surface area contributed by atoms with Crippen molar-refractivity contribution in [3.05, 3.63) is 53.0 Å². The van der Waals surface area contributed by atoms with Crippen LogP contribution in [-0.2, 0) is 0 Å². The smallest absolute Gasteiger partial charge is 0.319 e. The lowest BCUT2D eigenvalue weighted by Crippen LogP contribution is -2.43. The zero-order chi connectivity index (χ0) is 26.6. The van der Waals surface area contributed by atoms with E-state index >= 15 is 0 Å². The second-order valence-electron chi connectivity index (χ2n) is 11.1. The van der Waals surface area contributed by atoms with E-state index in [1.165, 1.54) is 18.9 Å². The lowest BCUT2D eigenvalue weighted by Gasteiger charge is -2.31. The number of H-pyrrole nitrogens is 1. The third kappa shape index (κ3) is 4.25. The summed E-state index contributed by atoms with van der Waals surface area (Å²) in [6, 6.07) is 5.74. The molecule has 5 heterocycles. The van der Waals surface area contributed by atoms with E-state index in [1.807, 2.05) is 12.1 Å². The first-order valence-corrected chi connectivity index (χ1v) is 14.3. The maximum absolute atomic E-state index is 14.9. The number of hydrogen-bond acceptors (Lipinski definition) is 6. The molecular formula is C30H32ClFN6O. The fourth-order valence-electron chi connectivity index (χ4n) is 6.80. The van der Waals surface area contributed by atoms with Crippen LogP contribution < -0.4 is 9.64 Å². The Labute approximate surface area is 232 Å². The molecule has 0 bridgehead atoms. The summed E-state index contributed by atoms with van der Waals surface area (Å²) < 4.78 is 21.4. The third-order valence-corrected chi connectivity index (χ3v) is 9.15. The van der Waals surface area contributed by atoms with Crippen LogP contribution in [0.4, 0.5) is 10.2 Å². The molecule has 0 radical (unpaired) electrons. The highest BCUT2D eigenvalue weighted by Gasteiger charge is 2.45. The van der Waals surface area contributed by atoms with Crippen molar-refractivity contribution in [2.45, 2.75) is 51.0 Å². The van der Waals surface area contributed by atoms with Gasteiger partial charge in [-0.3, -0.25) is 10.00 Å². The Kier molecular flexibility index (Phi) is 6.20. The van der Waals surface area contributed by atoms with Gasteiger partial charge in [0.05, 0.1) is 22.8 Å². The van der Waals surface area contributed by atoms with E-state index in [-0.39, 0.29) is 11.4 Å². The van der Waals surface area contributed by atoms with Crippen LogP contribution in [0.15, 0.2) is 36.5 Å². The van der Waals surface area contributed by atoms with Crippen LogP contribution in [0.3, 0.4) is 0 Å². The van der Waals surface area contributed by atoms with Gasteiger partial charge in [0, 0.05) is 40.0 Å². The standard InChI is InChI=1S/C30H32ClFN6O/c1-19-24(32)16-26-22(17-33-36-26)27(19)20-15-25-21(14-23(20)31)28(37-10-4-2-3-5-11-37)35-29(34-25)39-18-30-8-6-12-38(30)13-7-9-30/h2-3,14-17H,4-13,18H2,1H3,(H,33,36). The summed E-state index contributed by atoms with van der Waals surface area (Å²) in [5, 5.41) is 9.26. The first kappa shape index (κ1) is 24.8. The molecule has 39 heavy (non-hydrogen) atoms. The van der Waals surface area contributed by atoms with Crippen LogP contribution in [0.25, 0.3) is 32.9 Å². The Hall–Kier alpha value is -3.23. The summed E-state index contributed by atoms with van der Waals surface area (Å²) in [7, 11) is 0. The van der Waals surface area contributed by atoms with E-state index in [1.54, 1.807) is 13.1 Å². The largest absolute Gasteiger partial charge is 0.461 e. The zero-order valence-electron chi connectivity index (χ0n) is 22.1. The van der Waals surface area contributed by atoms with Crippen molar-refractivity contribution in [3.63, 3.8) is 0 Å². The van der Waals surface area contributed by atoms with Crippen molar-refractivity contribution in [1.29, 1.82) is 0 Å². The number of aromatic amines is 1. The van der Waals surface area contributed by atoms with Crippen molar-refractivity contribution in [2.24, 2.45) is 0 Å². The number of nitrogens with one attached hydrogen (secondary N) is 1. The first-order chi connectivity index (χ1) is 19.0. The summed E-state index contributed by atoms with van der Waals surface area (Å²) >= 11 is 6.94. The second kappa shape index (κ2) is 9.75. The summed E-state index contributed by atoms with van der Waals surface area (Å²) in [5.74, 6) is 0.531. The highest BCUT2D eigenvalue weighted by Crippen LogP contribution is 2.42. The maximum atomic E-state index is 14.9.